The number of amides is 1. The molecule has 0 aliphatic rings. The van der Waals surface area contributed by atoms with E-state index in [2.05, 4.69) is 5.32 Å². The summed E-state index contributed by atoms with van der Waals surface area (Å²) in [5.74, 6) is -0.835. The van der Waals surface area contributed by atoms with Crippen LogP contribution in [0.15, 0.2) is 60.7 Å². The van der Waals surface area contributed by atoms with Gasteiger partial charge in [0.15, 0.2) is 0 Å². The lowest BCUT2D eigenvalue weighted by Gasteiger charge is -2.05. The van der Waals surface area contributed by atoms with E-state index in [0.29, 0.717) is 21.2 Å². The molecule has 0 fully saturated rings. The van der Waals surface area contributed by atoms with Gasteiger partial charge in [-0.1, -0.05) is 48.0 Å². The van der Waals surface area contributed by atoms with Crippen molar-refractivity contribution in [1.29, 1.82) is 0 Å². The minimum Gasteiger partial charge on any atom is -0.465 e. The summed E-state index contributed by atoms with van der Waals surface area (Å²) in [6.07, 6.45) is 0. The molecule has 0 radical (unpaired) electrons. The lowest BCUT2D eigenvalue weighted by atomic mass is 10.2. The summed E-state index contributed by atoms with van der Waals surface area (Å²) in [7, 11) is 1.31. The number of benzene rings is 2. The van der Waals surface area contributed by atoms with Crippen molar-refractivity contribution < 1.29 is 14.3 Å². The minimum atomic E-state index is -0.492. The molecule has 0 saturated heterocycles. The number of thiophene rings is 1. The van der Waals surface area contributed by atoms with Crippen LogP contribution in [0.5, 0.6) is 0 Å². The largest absolute Gasteiger partial charge is 0.465 e. The molecule has 1 N–H and O–H groups in total. The monoisotopic (exact) mass is 371 g/mol. The molecule has 126 valence electrons. The lowest BCUT2D eigenvalue weighted by Crippen LogP contribution is -2.13. The Morgan fingerprint density at radius 3 is 2.48 bits per heavy atom. The number of rotatable bonds is 4. The van der Waals surface area contributed by atoms with Crippen LogP contribution in [0.2, 0.25) is 5.02 Å². The molecule has 0 spiro atoms. The Hall–Kier alpha value is -2.63. The second-order valence-corrected chi connectivity index (χ2v) is 6.66. The van der Waals surface area contributed by atoms with Gasteiger partial charge in [-0.25, -0.2) is 4.79 Å². The molecule has 0 saturated carbocycles. The third kappa shape index (κ3) is 3.90. The summed E-state index contributed by atoms with van der Waals surface area (Å²) in [6.45, 7) is 0. The molecule has 2 aromatic carbocycles. The zero-order valence-electron chi connectivity index (χ0n) is 13.3. The van der Waals surface area contributed by atoms with Gasteiger partial charge in [0.25, 0.3) is 5.91 Å². The summed E-state index contributed by atoms with van der Waals surface area (Å²) in [6, 6.07) is 18.0. The van der Waals surface area contributed by atoms with E-state index in [4.69, 9.17) is 16.3 Å². The van der Waals surface area contributed by atoms with Crippen LogP contribution >= 0.6 is 22.9 Å². The van der Waals surface area contributed by atoms with Gasteiger partial charge in [-0.2, -0.15) is 0 Å². The SMILES string of the molecule is COC(=O)c1sc(-c2ccccc2)cc1NC(=O)c1cccc(Cl)c1. The molecule has 4 nitrogen and oxygen atoms in total. The first-order valence-electron chi connectivity index (χ1n) is 7.43. The van der Waals surface area contributed by atoms with E-state index >= 15 is 0 Å². The quantitative estimate of drug-likeness (QED) is 0.648. The zero-order valence-corrected chi connectivity index (χ0v) is 14.9. The molecular weight excluding hydrogens is 358 g/mol. The highest BCUT2D eigenvalue weighted by Crippen LogP contribution is 2.35. The van der Waals surface area contributed by atoms with Gasteiger partial charge < -0.3 is 10.1 Å². The fraction of sp³-hybridized carbons (Fsp3) is 0.0526. The molecular formula is C19H14ClNO3S. The standard InChI is InChI=1S/C19H14ClNO3S/c1-24-19(23)17-15(11-16(25-17)12-6-3-2-4-7-12)21-18(22)13-8-5-9-14(20)10-13/h2-11H,1H3,(H,21,22). The molecule has 0 unspecified atom stereocenters. The highest BCUT2D eigenvalue weighted by Gasteiger charge is 2.20. The van der Waals surface area contributed by atoms with Crippen LogP contribution in [0.1, 0.15) is 20.0 Å². The van der Waals surface area contributed by atoms with E-state index < -0.39 is 5.97 Å². The van der Waals surface area contributed by atoms with Crippen LogP contribution in [0.3, 0.4) is 0 Å². The first-order chi connectivity index (χ1) is 12.1. The zero-order chi connectivity index (χ0) is 17.8. The van der Waals surface area contributed by atoms with Gasteiger partial charge in [-0.15, -0.1) is 11.3 Å². The summed E-state index contributed by atoms with van der Waals surface area (Å²) in [5, 5.41) is 3.24. The molecule has 0 aliphatic heterocycles. The van der Waals surface area contributed by atoms with Gasteiger partial charge >= 0.3 is 5.97 Å². The van der Waals surface area contributed by atoms with Crippen molar-refractivity contribution in [3.8, 4) is 10.4 Å². The molecule has 0 atom stereocenters. The van der Waals surface area contributed by atoms with Crippen LogP contribution in [-0.2, 0) is 4.74 Å². The van der Waals surface area contributed by atoms with Crippen LogP contribution in [0, 0.1) is 0 Å². The fourth-order valence-electron chi connectivity index (χ4n) is 2.30. The molecule has 3 rings (SSSR count). The molecule has 25 heavy (non-hydrogen) atoms. The van der Waals surface area contributed by atoms with Crippen molar-refractivity contribution in [2.24, 2.45) is 0 Å². The van der Waals surface area contributed by atoms with E-state index in [-0.39, 0.29) is 5.91 Å². The van der Waals surface area contributed by atoms with Crippen LogP contribution in [0.4, 0.5) is 5.69 Å². The number of ether oxygens (including phenoxy) is 1. The third-order valence-electron chi connectivity index (χ3n) is 3.50. The predicted octanol–water partition coefficient (Wildman–Crippen LogP) is 5.11. The average molecular weight is 372 g/mol. The van der Waals surface area contributed by atoms with Crippen LogP contribution in [-0.4, -0.2) is 19.0 Å². The topological polar surface area (TPSA) is 55.4 Å². The highest BCUT2D eigenvalue weighted by atomic mass is 35.5. The maximum absolute atomic E-state index is 12.5. The van der Waals surface area contributed by atoms with Crippen molar-refractivity contribution >= 4 is 40.5 Å². The van der Waals surface area contributed by atoms with E-state index in [1.807, 2.05) is 30.3 Å². The minimum absolute atomic E-state index is 0.343. The highest BCUT2D eigenvalue weighted by molar-refractivity contribution is 7.18. The molecule has 1 aromatic heterocycles. The van der Waals surface area contributed by atoms with E-state index in [9.17, 15) is 9.59 Å². The Morgan fingerprint density at radius 2 is 1.80 bits per heavy atom. The maximum Gasteiger partial charge on any atom is 0.350 e. The predicted molar refractivity (Wildman–Crippen MR) is 100 cm³/mol. The number of nitrogens with one attached hydrogen (secondary N) is 1. The Bertz CT molecular complexity index is 921. The van der Waals surface area contributed by atoms with Gasteiger partial charge in [0.05, 0.1) is 12.8 Å². The van der Waals surface area contributed by atoms with Crippen LogP contribution in [0.25, 0.3) is 10.4 Å². The number of carbonyl (C=O) groups is 2. The molecule has 0 bridgehead atoms. The number of carbonyl (C=O) groups excluding carboxylic acids is 2. The summed E-state index contributed by atoms with van der Waals surface area (Å²) >= 11 is 7.20. The first kappa shape index (κ1) is 17.2. The first-order valence-corrected chi connectivity index (χ1v) is 8.62. The number of halogens is 1. The van der Waals surface area contributed by atoms with Crippen molar-refractivity contribution in [2.75, 3.05) is 12.4 Å². The molecule has 1 amide bonds. The number of hydrogen-bond donors (Lipinski definition) is 1. The van der Waals surface area contributed by atoms with Crippen molar-refractivity contribution in [1.82, 2.24) is 0 Å². The fourth-order valence-corrected chi connectivity index (χ4v) is 3.52. The second kappa shape index (κ2) is 7.51. The average Bonchev–Trinajstić information content (AvgIpc) is 3.05. The Morgan fingerprint density at radius 1 is 1.04 bits per heavy atom. The normalized spacial score (nSPS) is 10.3. The van der Waals surface area contributed by atoms with Crippen LogP contribution < -0.4 is 5.32 Å². The van der Waals surface area contributed by atoms with Gasteiger partial charge in [0.1, 0.15) is 4.88 Å². The maximum atomic E-state index is 12.5. The van der Waals surface area contributed by atoms with Gasteiger partial charge in [0.2, 0.25) is 0 Å². The third-order valence-corrected chi connectivity index (χ3v) is 4.90. The number of hydrogen-bond acceptors (Lipinski definition) is 4. The molecule has 1 heterocycles. The summed E-state index contributed by atoms with van der Waals surface area (Å²) in [5.41, 5.74) is 1.79. The van der Waals surface area contributed by atoms with E-state index in [1.165, 1.54) is 18.4 Å². The second-order valence-electron chi connectivity index (χ2n) is 5.18. The van der Waals surface area contributed by atoms with Gasteiger partial charge in [-0.05, 0) is 29.8 Å². The smallest absolute Gasteiger partial charge is 0.350 e. The molecule has 6 heteroatoms. The summed E-state index contributed by atoms with van der Waals surface area (Å²) in [4.78, 5) is 25.7. The number of methoxy groups -OCH3 is 1. The Balaban J connectivity index is 1.95. The van der Waals surface area contributed by atoms with Crippen molar-refractivity contribution in [3.05, 3.63) is 76.1 Å². The number of esters is 1. The Kier molecular flexibility index (Phi) is 5.16. The lowest BCUT2D eigenvalue weighted by molar-refractivity contribution is 0.0607. The van der Waals surface area contributed by atoms with Gasteiger partial charge in [-0.3, -0.25) is 4.79 Å². The molecule has 0 aliphatic carbocycles. The molecule has 3 aromatic rings. The van der Waals surface area contributed by atoms with Crippen molar-refractivity contribution in [2.45, 2.75) is 0 Å². The van der Waals surface area contributed by atoms with Gasteiger partial charge in [0, 0.05) is 15.5 Å². The van der Waals surface area contributed by atoms with Crippen molar-refractivity contribution in [3.63, 3.8) is 0 Å². The Labute approximate surface area is 154 Å². The number of anilines is 1. The van der Waals surface area contributed by atoms with E-state index in [1.54, 1.807) is 30.3 Å². The van der Waals surface area contributed by atoms with E-state index in [0.717, 1.165) is 10.4 Å². The summed E-state index contributed by atoms with van der Waals surface area (Å²) < 4.78 is 4.83.